The molecular weight excluding hydrogens is 240 g/mol. The molecule has 0 aliphatic carbocycles. The Morgan fingerprint density at radius 1 is 1.26 bits per heavy atom. The van der Waals surface area contributed by atoms with Crippen LogP contribution < -0.4 is 5.43 Å². The minimum atomic E-state index is -0.545. The van der Waals surface area contributed by atoms with Crippen LogP contribution in [0.1, 0.15) is 44.4 Å². The Morgan fingerprint density at radius 3 is 2.42 bits per heavy atom. The fraction of sp³-hybridized carbons (Fsp3) is 0.467. The number of benzene rings is 1. The van der Waals surface area contributed by atoms with E-state index in [2.05, 4.69) is 16.6 Å². The number of carbonyl (C=O) groups excluding carboxylic acids is 1. The molecule has 1 rings (SSSR count). The van der Waals surface area contributed by atoms with Gasteiger partial charge in [-0.15, -0.1) is 0 Å². The first kappa shape index (κ1) is 15.2. The molecule has 0 radical (unpaired) electrons. The van der Waals surface area contributed by atoms with E-state index in [1.165, 1.54) is 5.56 Å². The monoisotopic (exact) mass is 262 g/mol. The molecule has 1 amide bonds. The van der Waals surface area contributed by atoms with Crippen LogP contribution in [0.15, 0.2) is 23.3 Å². The predicted molar refractivity (Wildman–Crippen MR) is 77.5 cm³/mol. The molecule has 0 saturated carbocycles. The number of hydrogen-bond acceptors (Lipinski definition) is 3. The van der Waals surface area contributed by atoms with Crippen LogP contribution in [0.4, 0.5) is 4.79 Å². The summed E-state index contributed by atoms with van der Waals surface area (Å²) in [6.07, 6.45) is -0.545. The van der Waals surface area contributed by atoms with Crippen LogP contribution in [0, 0.1) is 13.8 Å². The molecule has 4 nitrogen and oxygen atoms in total. The number of nitrogens with one attached hydrogen (secondary N) is 1. The van der Waals surface area contributed by atoms with Gasteiger partial charge in [-0.1, -0.05) is 23.8 Å². The van der Waals surface area contributed by atoms with Crippen LogP contribution in [0.3, 0.4) is 0 Å². The van der Waals surface area contributed by atoms with E-state index in [9.17, 15) is 4.79 Å². The van der Waals surface area contributed by atoms with Gasteiger partial charge in [0.25, 0.3) is 0 Å². The number of amides is 1. The summed E-state index contributed by atoms with van der Waals surface area (Å²) in [4.78, 5) is 11.5. The van der Waals surface area contributed by atoms with Gasteiger partial charge < -0.3 is 4.74 Å². The van der Waals surface area contributed by atoms with Crippen LogP contribution in [0.2, 0.25) is 0 Å². The van der Waals surface area contributed by atoms with Crippen molar-refractivity contribution in [3.8, 4) is 0 Å². The van der Waals surface area contributed by atoms with Crippen molar-refractivity contribution in [1.82, 2.24) is 5.43 Å². The minimum absolute atomic E-state index is 0.521. The van der Waals surface area contributed by atoms with E-state index in [1.54, 1.807) is 0 Å². The largest absolute Gasteiger partial charge is 0.443 e. The molecule has 0 heterocycles. The quantitative estimate of drug-likeness (QED) is 0.654. The molecule has 1 aromatic carbocycles. The Labute approximate surface area is 114 Å². The summed E-state index contributed by atoms with van der Waals surface area (Å²) in [5, 5.41) is 4.06. The molecule has 1 aromatic rings. The van der Waals surface area contributed by atoms with Gasteiger partial charge in [-0.3, -0.25) is 0 Å². The number of carbonyl (C=O) groups is 1. The zero-order valence-corrected chi connectivity index (χ0v) is 12.5. The highest BCUT2D eigenvalue weighted by Gasteiger charge is 2.15. The molecule has 0 fully saturated rings. The van der Waals surface area contributed by atoms with Crippen LogP contribution in [-0.4, -0.2) is 17.4 Å². The van der Waals surface area contributed by atoms with Gasteiger partial charge in [0.05, 0.1) is 5.71 Å². The molecule has 0 spiro atoms. The van der Waals surface area contributed by atoms with E-state index in [0.29, 0.717) is 0 Å². The van der Waals surface area contributed by atoms with Crippen LogP contribution in [-0.2, 0) is 4.74 Å². The van der Waals surface area contributed by atoms with Crippen molar-refractivity contribution in [3.63, 3.8) is 0 Å². The van der Waals surface area contributed by atoms with Crippen molar-refractivity contribution in [1.29, 1.82) is 0 Å². The van der Waals surface area contributed by atoms with Gasteiger partial charge >= 0.3 is 6.09 Å². The van der Waals surface area contributed by atoms with Crippen molar-refractivity contribution in [2.75, 3.05) is 0 Å². The van der Waals surface area contributed by atoms with Gasteiger partial charge in [0.2, 0.25) is 0 Å². The molecule has 0 aliphatic rings. The topological polar surface area (TPSA) is 50.7 Å². The highest BCUT2D eigenvalue weighted by atomic mass is 16.6. The number of rotatable bonds is 2. The van der Waals surface area contributed by atoms with Crippen molar-refractivity contribution >= 4 is 11.8 Å². The van der Waals surface area contributed by atoms with Crippen molar-refractivity contribution in [3.05, 3.63) is 34.9 Å². The van der Waals surface area contributed by atoms with E-state index < -0.39 is 11.7 Å². The predicted octanol–water partition coefficient (Wildman–Crippen LogP) is 3.55. The SMILES string of the molecule is C/C(=N/NC(=O)OC(C)(C)C)c1ccc(C)cc1C. The molecular formula is C15H22N2O2. The molecule has 0 atom stereocenters. The molecule has 0 aromatic heterocycles. The van der Waals surface area contributed by atoms with Gasteiger partial charge in [-0.25, -0.2) is 10.2 Å². The Bertz CT molecular complexity index is 499. The van der Waals surface area contributed by atoms with Gasteiger partial charge in [0.1, 0.15) is 5.60 Å². The maximum Gasteiger partial charge on any atom is 0.428 e. The number of nitrogens with zero attached hydrogens (tertiary/aromatic N) is 1. The lowest BCUT2D eigenvalue weighted by molar-refractivity contribution is 0.0529. The lowest BCUT2D eigenvalue weighted by Crippen LogP contribution is -2.30. The minimum Gasteiger partial charge on any atom is -0.443 e. The van der Waals surface area contributed by atoms with Gasteiger partial charge in [0, 0.05) is 5.56 Å². The summed E-state index contributed by atoms with van der Waals surface area (Å²) in [6.45, 7) is 11.4. The lowest BCUT2D eigenvalue weighted by atomic mass is 10.0. The summed E-state index contributed by atoms with van der Waals surface area (Å²) in [7, 11) is 0. The van der Waals surface area contributed by atoms with E-state index in [0.717, 1.165) is 16.8 Å². The highest BCUT2D eigenvalue weighted by molar-refractivity contribution is 6.00. The van der Waals surface area contributed by atoms with Gasteiger partial charge in [0.15, 0.2) is 0 Å². The molecule has 4 heteroatoms. The average Bonchev–Trinajstić information content (AvgIpc) is 2.23. The second kappa shape index (κ2) is 5.87. The molecule has 19 heavy (non-hydrogen) atoms. The smallest absolute Gasteiger partial charge is 0.428 e. The van der Waals surface area contributed by atoms with Gasteiger partial charge in [-0.05, 0) is 47.1 Å². The normalized spacial score (nSPS) is 12.2. The van der Waals surface area contributed by atoms with Crippen molar-refractivity contribution in [2.45, 2.75) is 47.1 Å². The highest BCUT2D eigenvalue weighted by Crippen LogP contribution is 2.11. The number of hydrazone groups is 1. The third-order valence-electron chi connectivity index (χ3n) is 2.49. The number of hydrogen-bond donors (Lipinski definition) is 1. The summed E-state index contributed by atoms with van der Waals surface area (Å²) < 4.78 is 5.12. The van der Waals surface area contributed by atoms with Crippen molar-refractivity contribution < 1.29 is 9.53 Å². The average molecular weight is 262 g/mol. The Hall–Kier alpha value is -1.84. The molecule has 104 valence electrons. The molecule has 0 aliphatic heterocycles. The molecule has 0 bridgehead atoms. The fourth-order valence-corrected chi connectivity index (χ4v) is 1.71. The first-order valence-corrected chi connectivity index (χ1v) is 6.30. The Kier molecular flexibility index (Phi) is 4.70. The standard InChI is InChI=1S/C15H22N2O2/c1-10-7-8-13(11(2)9-10)12(3)16-17-14(18)19-15(4,5)6/h7-9H,1-6H3,(H,17,18)/b16-12-. The maximum atomic E-state index is 11.5. The second-order valence-corrected chi connectivity index (χ2v) is 5.63. The summed E-state index contributed by atoms with van der Waals surface area (Å²) >= 11 is 0. The molecule has 0 unspecified atom stereocenters. The van der Waals surface area contributed by atoms with Crippen LogP contribution in [0.5, 0.6) is 0 Å². The maximum absolute atomic E-state index is 11.5. The third-order valence-corrected chi connectivity index (χ3v) is 2.49. The number of aryl methyl sites for hydroxylation is 2. The fourth-order valence-electron chi connectivity index (χ4n) is 1.71. The number of ether oxygens (including phenoxy) is 1. The zero-order chi connectivity index (χ0) is 14.6. The Morgan fingerprint density at radius 2 is 1.89 bits per heavy atom. The van der Waals surface area contributed by atoms with Crippen LogP contribution in [0.25, 0.3) is 0 Å². The van der Waals surface area contributed by atoms with Gasteiger partial charge in [-0.2, -0.15) is 5.10 Å². The summed E-state index contributed by atoms with van der Waals surface area (Å²) in [5.74, 6) is 0. The lowest BCUT2D eigenvalue weighted by Gasteiger charge is -2.18. The first-order chi connectivity index (χ1) is 8.69. The third kappa shape index (κ3) is 5.12. The molecule has 1 N–H and O–H groups in total. The summed E-state index contributed by atoms with van der Waals surface area (Å²) in [6, 6.07) is 6.11. The van der Waals surface area contributed by atoms with E-state index in [-0.39, 0.29) is 0 Å². The second-order valence-electron chi connectivity index (χ2n) is 5.63. The van der Waals surface area contributed by atoms with Crippen molar-refractivity contribution in [2.24, 2.45) is 5.10 Å². The Balaban J connectivity index is 2.75. The molecule has 0 saturated heterocycles. The van der Waals surface area contributed by atoms with E-state index in [1.807, 2.05) is 53.7 Å². The van der Waals surface area contributed by atoms with E-state index in [4.69, 9.17) is 4.74 Å². The zero-order valence-electron chi connectivity index (χ0n) is 12.5. The van der Waals surface area contributed by atoms with Crippen LogP contribution >= 0.6 is 0 Å². The van der Waals surface area contributed by atoms with E-state index >= 15 is 0 Å². The first-order valence-electron chi connectivity index (χ1n) is 6.30. The summed E-state index contributed by atoms with van der Waals surface area (Å²) in [5.41, 5.74) is 5.99.